The van der Waals surface area contributed by atoms with Gasteiger partial charge in [-0.1, -0.05) is 37.3 Å². The van der Waals surface area contributed by atoms with Gasteiger partial charge in [-0.3, -0.25) is 0 Å². The predicted molar refractivity (Wildman–Crippen MR) is 57.4 cm³/mol. The van der Waals surface area contributed by atoms with Gasteiger partial charge in [0.25, 0.3) is 0 Å². The van der Waals surface area contributed by atoms with E-state index < -0.39 is 0 Å². The highest BCUT2D eigenvalue weighted by atomic mass is 15.2. The van der Waals surface area contributed by atoms with Crippen LogP contribution in [0.5, 0.6) is 0 Å². The van der Waals surface area contributed by atoms with E-state index in [9.17, 15) is 0 Å². The minimum absolute atomic E-state index is 0.922. The number of hydrogen-bond acceptors (Lipinski definition) is 2. The predicted octanol–water partition coefficient (Wildman–Crippen LogP) is 2.89. The molecule has 1 rings (SSSR count). The maximum Gasteiger partial charge on any atom is 0.0671 e. The summed E-state index contributed by atoms with van der Waals surface area (Å²) in [6.07, 6.45) is 2.72. The fraction of sp³-hybridized carbons (Fsp3) is 0.273. The van der Waals surface area contributed by atoms with Gasteiger partial charge in [-0.2, -0.15) is 10.2 Å². The van der Waals surface area contributed by atoms with Crippen molar-refractivity contribution in [1.29, 1.82) is 0 Å². The van der Waals surface area contributed by atoms with E-state index in [2.05, 4.69) is 10.2 Å². The van der Waals surface area contributed by atoms with Gasteiger partial charge in [-0.05, 0) is 18.9 Å². The van der Waals surface area contributed by atoms with Crippen LogP contribution >= 0.6 is 0 Å². The molecule has 2 nitrogen and oxygen atoms in total. The van der Waals surface area contributed by atoms with E-state index in [-0.39, 0.29) is 0 Å². The largest absolute Gasteiger partial charge is 0.163 e. The summed E-state index contributed by atoms with van der Waals surface area (Å²) in [4.78, 5) is 0. The Bertz CT molecular complexity index is 299. The van der Waals surface area contributed by atoms with Crippen LogP contribution in [0.25, 0.3) is 0 Å². The van der Waals surface area contributed by atoms with Crippen molar-refractivity contribution in [2.75, 3.05) is 0 Å². The summed E-state index contributed by atoms with van der Waals surface area (Å²) in [6.45, 7) is 4.00. The Labute approximate surface area is 79.0 Å². The van der Waals surface area contributed by atoms with Crippen LogP contribution in [0.2, 0.25) is 0 Å². The monoisotopic (exact) mass is 174 g/mol. The molecular formula is C11H14N2. The smallest absolute Gasteiger partial charge is 0.0671 e. The minimum Gasteiger partial charge on any atom is -0.163 e. The lowest BCUT2D eigenvalue weighted by Gasteiger charge is -1.95. The number of benzene rings is 1. The molecule has 0 radical (unpaired) electrons. The minimum atomic E-state index is 0.922. The van der Waals surface area contributed by atoms with Gasteiger partial charge in [0.2, 0.25) is 0 Å². The highest BCUT2D eigenvalue weighted by Crippen LogP contribution is 2.00. The molecule has 0 aliphatic rings. The molecule has 13 heavy (non-hydrogen) atoms. The summed E-state index contributed by atoms with van der Waals surface area (Å²) >= 11 is 0. The molecule has 0 fully saturated rings. The van der Waals surface area contributed by atoms with E-state index in [0.29, 0.717) is 0 Å². The van der Waals surface area contributed by atoms with Gasteiger partial charge in [0.15, 0.2) is 0 Å². The van der Waals surface area contributed by atoms with E-state index in [1.165, 1.54) is 0 Å². The van der Waals surface area contributed by atoms with Gasteiger partial charge >= 0.3 is 0 Å². The zero-order valence-corrected chi connectivity index (χ0v) is 8.07. The van der Waals surface area contributed by atoms with Crippen LogP contribution in [-0.2, 0) is 0 Å². The number of rotatable bonds is 3. The molecule has 0 aliphatic carbocycles. The molecular weight excluding hydrogens is 160 g/mol. The highest BCUT2D eigenvalue weighted by Gasteiger charge is 1.92. The molecule has 1 aromatic rings. The number of nitrogens with zero attached hydrogens (tertiary/aromatic N) is 2. The van der Waals surface area contributed by atoms with E-state index in [1.807, 2.05) is 44.2 Å². The van der Waals surface area contributed by atoms with Gasteiger partial charge in [0.1, 0.15) is 0 Å². The average molecular weight is 174 g/mol. The maximum absolute atomic E-state index is 4.07. The lowest BCUT2D eigenvalue weighted by molar-refractivity contribution is 1.20. The maximum atomic E-state index is 4.07. The molecule has 0 unspecified atom stereocenters. The molecule has 0 heterocycles. The molecule has 0 aliphatic heterocycles. The lowest BCUT2D eigenvalue weighted by Crippen LogP contribution is -1.92. The van der Waals surface area contributed by atoms with E-state index in [0.717, 1.165) is 17.7 Å². The molecule has 0 saturated heterocycles. The molecule has 68 valence electrons. The van der Waals surface area contributed by atoms with Gasteiger partial charge < -0.3 is 0 Å². The molecule has 0 saturated carbocycles. The van der Waals surface area contributed by atoms with E-state index in [4.69, 9.17) is 0 Å². The van der Waals surface area contributed by atoms with Crippen molar-refractivity contribution in [3.63, 3.8) is 0 Å². The van der Waals surface area contributed by atoms with Crippen molar-refractivity contribution in [2.45, 2.75) is 20.3 Å². The SMILES string of the molecule is CC/C=N/N=C(\C)c1ccccc1. The van der Waals surface area contributed by atoms with Gasteiger partial charge in [0, 0.05) is 6.21 Å². The lowest BCUT2D eigenvalue weighted by atomic mass is 10.1. The Hall–Kier alpha value is -1.44. The summed E-state index contributed by atoms with van der Waals surface area (Å²) < 4.78 is 0. The zero-order valence-electron chi connectivity index (χ0n) is 8.07. The van der Waals surface area contributed by atoms with Crippen LogP contribution in [0, 0.1) is 0 Å². The molecule has 0 aromatic heterocycles. The Balaban J connectivity index is 2.73. The summed E-state index contributed by atoms with van der Waals surface area (Å²) in [5.74, 6) is 0. The summed E-state index contributed by atoms with van der Waals surface area (Å²) in [5.41, 5.74) is 2.07. The Morgan fingerprint density at radius 1 is 1.31 bits per heavy atom. The second kappa shape index (κ2) is 5.25. The van der Waals surface area contributed by atoms with Crippen molar-refractivity contribution in [2.24, 2.45) is 10.2 Å². The summed E-state index contributed by atoms with van der Waals surface area (Å²) in [5, 5.41) is 8.00. The molecule has 0 spiro atoms. The fourth-order valence-electron chi connectivity index (χ4n) is 0.946. The Morgan fingerprint density at radius 2 is 2.00 bits per heavy atom. The van der Waals surface area contributed by atoms with Crippen LogP contribution in [0.15, 0.2) is 40.5 Å². The molecule has 0 amide bonds. The second-order valence-corrected chi connectivity index (χ2v) is 2.76. The summed E-state index contributed by atoms with van der Waals surface area (Å²) in [7, 11) is 0. The van der Waals surface area contributed by atoms with Crippen molar-refractivity contribution in [1.82, 2.24) is 0 Å². The van der Waals surface area contributed by atoms with Crippen LogP contribution in [-0.4, -0.2) is 11.9 Å². The molecule has 2 heteroatoms. The molecule has 0 N–H and O–H groups in total. The molecule has 0 bridgehead atoms. The summed E-state index contributed by atoms with van der Waals surface area (Å²) in [6, 6.07) is 10.0. The molecule has 0 atom stereocenters. The van der Waals surface area contributed by atoms with Crippen LogP contribution < -0.4 is 0 Å². The topological polar surface area (TPSA) is 24.7 Å². The van der Waals surface area contributed by atoms with E-state index in [1.54, 1.807) is 6.21 Å². The first-order valence-corrected chi connectivity index (χ1v) is 4.46. The first-order valence-electron chi connectivity index (χ1n) is 4.46. The van der Waals surface area contributed by atoms with Crippen LogP contribution in [0.1, 0.15) is 25.8 Å². The standard InChI is InChI=1S/C11H14N2/c1-3-9-12-13-10(2)11-7-5-4-6-8-11/h4-9H,3H2,1-2H3/b12-9+,13-10+. The van der Waals surface area contributed by atoms with Crippen LogP contribution in [0.4, 0.5) is 0 Å². The highest BCUT2D eigenvalue weighted by molar-refractivity contribution is 5.98. The van der Waals surface area contributed by atoms with Crippen LogP contribution in [0.3, 0.4) is 0 Å². The van der Waals surface area contributed by atoms with Crippen molar-refractivity contribution in [3.8, 4) is 0 Å². The Morgan fingerprint density at radius 3 is 2.62 bits per heavy atom. The van der Waals surface area contributed by atoms with Gasteiger partial charge in [-0.25, -0.2) is 0 Å². The number of hydrogen-bond donors (Lipinski definition) is 0. The first kappa shape index (κ1) is 9.65. The van der Waals surface area contributed by atoms with Crippen molar-refractivity contribution < 1.29 is 0 Å². The quantitative estimate of drug-likeness (QED) is 0.497. The normalized spacial score (nSPS) is 12.3. The third kappa shape index (κ3) is 3.20. The average Bonchev–Trinajstić information content (AvgIpc) is 2.19. The van der Waals surface area contributed by atoms with Gasteiger partial charge in [-0.15, -0.1) is 0 Å². The second-order valence-electron chi connectivity index (χ2n) is 2.76. The van der Waals surface area contributed by atoms with Crippen molar-refractivity contribution in [3.05, 3.63) is 35.9 Å². The van der Waals surface area contributed by atoms with E-state index >= 15 is 0 Å². The fourth-order valence-corrected chi connectivity index (χ4v) is 0.946. The third-order valence-electron chi connectivity index (χ3n) is 1.66. The third-order valence-corrected chi connectivity index (χ3v) is 1.66. The zero-order chi connectivity index (χ0) is 9.52. The van der Waals surface area contributed by atoms with Crippen molar-refractivity contribution >= 4 is 11.9 Å². The molecule has 1 aromatic carbocycles. The van der Waals surface area contributed by atoms with Gasteiger partial charge in [0.05, 0.1) is 5.71 Å². The first-order chi connectivity index (χ1) is 6.34. The Kier molecular flexibility index (Phi) is 3.89.